The first-order valence-corrected chi connectivity index (χ1v) is 4.75. The Labute approximate surface area is 79.9 Å². The first-order valence-electron chi connectivity index (χ1n) is 4.21. The summed E-state index contributed by atoms with van der Waals surface area (Å²) in [5.74, 6) is 1.16. The summed E-state index contributed by atoms with van der Waals surface area (Å²) < 4.78 is 5.00. The zero-order valence-corrected chi connectivity index (χ0v) is 8.60. The van der Waals surface area contributed by atoms with E-state index in [1.807, 2.05) is 12.2 Å². The molecule has 0 fully saturated rings. The molecule has 1 N–H and O–H groups in total. The van der Waals surface area contributed by atoms with Crippen molar-refractivity contribution in [3.63, 3.8) is 0 Å². The third-order valence-corrected chi connectivity index (χ3v) is 1.64. The summed E-state index contributed by atoms with van der Waals surface area (Å²) in [6.07, 6.45) is 3.97. The zero-order valence-electron chi connectivity index (χ0n) is 7.85. The van der Waals surface area contributed by atoms with Gasteiger partial charge >= 0.3 is 0 Å². The molecule has 0 aliphatic rings. The number of hydrogen-bond acceptors (Lipinski definition) is 2. The molecule has 0 radical (unpaired) electrons. The van der Waals surface area contributed by atoms with Crippen molar-refractivity contribution >= 4 is 11.6 Å². The van der Waals surface area contributed by atoms with E-state index in [4.69, 9.17) is 16.3 Å². The highest BCUT2D eigenvalue weighted by Gasteiger charge is 1.97. The molecule has 0 aromatic heterocycles. The third kappa shape index (κ3) is 8.05. The second-order valence-electron chi connectivity index (χ2n) is 2.84. The summed E-state index contributed by atoms with van der Waals surface area (Å²) >= 11 is 5.46. The van der Waals surface area contributed by atoms with Crippen LogP contribution in [0.1, 0.15) is 6.92 Å². The number of halogens is 1. The summed E-state index contributed by atoms with van der Waals surface area (Å²) in [5, 5.41) is 3.28. The normalized spacial score (nSPS) is 13.9. The number of nitrogens with one attached hydrogen (secondary N) is 1. The van der Waals surface area contributed by atoms with Gasteiger partial charge in [0.15, 0.2) is 0 Å². The van der Waals surface area contributed by atoms with Gasteiger partial charge in [-0.15, -0.1) is 11.6 Å². The average Bonchev–Trinajstić information content (AvgIpc) is 2.05. The summed E-state index contributed by atoms with van der Waals surface area (Å²) in [6, 6.07) is 0. The molecule has 0 saturated carbocycles. The maximum atomic E-state index is 5.46. The van der Waals surface area contributed by atoms with Crippen molar-refractivity contribution in [2.24, 2.45) is 5.92 Å². The molecule has 0 spiro atoms. The molecule has 0 saturated heterocycles. The van der Waals surface area contributed by atoms with Gasteiger partial charge < -0.3 is 10.1 Å². The fourth-order valence-corrected chi connectivity index (χ4v) is 1.03. The van der Waals surface area contributed by atoms with E-state index in [0.717, 1.165) is 19.7 Å². The number of allylic oxidation sites excluding steroid dienone is 1. The van der Waals surface area contributed by atoms with E-state index >= 15 is 0 Å². The van der Waals surface area contributed by atoms with Crippen LogP contribution in [0.3, 0.4) is 0 Å². The Hall–Kier alpha value is -0.0500. The van der Waals surface area contributed by atoms with Crippen molar-refractivity contribution in [1.29, 1.82) is 0 Å². The van der Waals surface area contributed by atoms with Crippen LogP contribution < -0.4 is 5.32 Å². The summed E-state index contributed by atoms with van der Waals surface area (Å²) in [7, 11) is 1.73. The van der Waals surface area contributed by atoms with Crippen LogP contribution in [-0.2, 0) is 4.74 Å². The Kier molecular flexibility index (Phi) is 9.00. The van der Waals surface area contributed by atoms with Gasteiger partial charge in [0.25, 0.3) is 0 Å². The molecule has 0 aromatic carbocycles. The van der Waals surface area contributed by atoms with Crippen molar-refractivity contribution in [1.82, 2.24) is 5.32 Å². The Bertz CT molecular complexity index is 117. The maximum absolute atomic E-state index is 5.46. The molecule has 0 rings (SSSR count). The second-order valence-corrected chi connectivity index (χ2v) is 3.15. The quantitative estimate of drug-likeness (QED) is 0.376. The van der Waals surface area contributed by atoms with E-state index < -0.39 is 0 Å². The molecule has 0 heterocycles. The number of alkyl halides is 1. The topological polar surface area (TPSA) is 21.3 Å². The van der Waals surface area contributed by atoms with Gasteiger partial charge in [-0.3, -0.25) is 0 Å². The van der Waals surface area contributed by atoms with Gasteiger partial charge in [0, 0.05) is 32.7 Å². The van der Waals surface area contributed by atoms with Crippen LogP contribution in [-0.4, -0.2) is 32.7 Å². The van der Waals surface area contributed by atoms with E-state index in [2.05, 4.69) is 12.2 Å². The Balaban J connectivity index is 3.13. The molecular weight excluding hydrogens is 174 g/mol. The highest BCUT2D eigenvalue weighted by atomic mass is 35.5. The van der Waals surface area contributed by atoms with Gasteiger partial charge in [0.1, 0.15) is 0 Å². The second kappa shape index (κ2) is 9.04. The van der Waals surface area contributed by atoms with Gasteiger partial charge in [-0.25, -0.2) is 0 Å². The summed E-state index contributed by atoms with van der Waals surface area (Å²) in [6.45, 7) is 4.84. The summed E-state index contributed by atoms with van der Waals surface area (Å²) in [5.41, 5.74) is 0. The van der Waals surface area contributed by atoms with Crippen molar-refractivity contribution < 1.29 is 4.74 Å². The van der Waals surface area contributed by atoms with Gasteiger partial charge in [-0.1, -0.05) is 19.1 Å². The zero-order chi connectivity index (χ0) is 9.23. The number of rotatable bonds is 7. The van der Waals surface area contributed by atoms with Crippen LogP contribution in [0.4, 0.5) is 0 Å². The van der Waals surface area contributed by atoms with Crippen LogP contribution in [0, 0.1) is 5.92 Å². The molecule has 0 amide bonds. The smallest absolute Gasteiger partial charge is 0.0499 e. The number of ether oxygens (including phenoxy) is 1. The van der Waals surface area contributed by atoms with Crippen molar-refractivity contribution in [2.45, 2.75) is 6.92 Å². The number of hydrogen-bond donors (Lipinski definition) is 1. The fourth-order valence-electron chi connectivity index (χ4n) is 0.903. The molecule has 1 unspecified atom stereocenters. The highest BCUT2D eigenvalue weighted by molar-refractivity contribution is 6.18. The lowest BCUT2D eigenvalue weighted by atomic mass is 10.2. The van der Waals surface area contributed by atoms with E-state index in [1.165, 1.54) is 0 Å². The molecule has 0 aliphatic heterocycles. The molecule has 3 heteroatoms. The standard InChI is InChI=1S/C9H18ClNO/c1-9(8-12-2)7-11-6-4-3-5-10/h3-4,9,11H,5-8H2,1-2H3/b4-3+. The molecule has 1 atom stereocenters. The molecule has 0 bridgehead atoms. The monoisotopic (exact) mass is 191 g/mol. The van der Waals surface area contributed by atoms with Gasteiger partial charge in [-0.2, -0.15) is 0 Å². The maximum Gasteiger partial charge on any atom is 0.0499 e. The lowest BCUT2D eigenvalue weighted by molar-refractivity contribution is 0.159. The fraction of sp³-hybridized carbons (Fsp3) is 0.778. The van der Waals surface area contributed by atoms with E-state index in [9.17, 15) is 0 Å². The molecule has 2 nitrogen and oxygen atoms in total. The van der Waals surface area contributed by atoms with Crippen LogP contribution in [0.25, 0.3) is 0 Å². The van der Waals surface area contributed by atoms with E-state index in [0.29, 0.717) is 11.8 Å². The van der Waals surface area contributed by atoms with Gasteiger partial charge in [0.2, 0.25) is 0 Å². The lowest BCUT2D eigenvalue weighted by Crippen LogP contribution is -2.23. The molecular formula is C9H18ClNO. The predicted molar refractivity (Wildman–Crippen MR) is 53.8 cm³/mol. The molecule has 0 aliphatic carbocycles. The molecule has 12 heavy (non-hydrogen) atoms. The first kappa shape index (κ1) is 11.9. The SMILES string of the molecule is COCC(C)CNC/C=C/CCl. The van der Waals surface area contributed by atoms with Crippen LogP contribution in [0.2, 0.25) is 0 Å². The molecule has 0 aromatic rings. The van der Waals surface area contributed by atoms with Crippen molar-refractivity contribution in [3.05, 3.63) is 12.2 Å². The van der Waals surface area contributed by atoms with E-state index in [1.54, 1.807) is 7.11 Å². The Morgan fingerprint density at radius 2 is 2.25 bits per heavy atom. The van der Waals surface area contributed by atoms with Crippen LogP contribution in [0.5, 0.6) is 0 Å². The van der Waals surface area contributed by atoms with Crippen LogP contribution in [0.15, 0.2) is 12.2 Å². The van der Waals surface area contributed by atoms with Gasteiger partial charge in [0.05, 0.1) is 0 Å². The largest absolute Gasteiger partial charge is 0.384 e. The predicted octanol–water partition coefficient (Wildman–Crippen LogP) is 1.65. The lowest BCUT2D eigenvalue weighted by Gasteiger charge is -2.09. The minimum atomic E-state index is 0.569. The first-order chi connectivity index (χ1) is 5.81. The van der Waals surface area contributed by atoms with Crippen molar-refractivity contribution in [2.75, 3.05) is 32.7 Å². The Morgan fingerprint density at radius 3 is 2.83 bits per heavy atom. The minimum absolute atomic E-state index is 0.569. The van der Waals surface area contributed by atoms with Gasteiger partial charge in [-0.05, 0) is 5.92 Å². The highest BCUT2D eigenvalue weighted by Crippen LogP contribution is 1.91. The summed E-state index contributed by atoms with van der Waals surface area (Å²) in [4.78, 5) is 0. The van der Waals surface area contributed by atoms with Crippen LogP contribution >= 0.6 is 11.6 Å². The van der Waals surface area contributed by atoms with E-state index in [-0.39, 0.29) is 0 Å². The van der Waals surface area contributed by atoms with Crippen molar-refractivity contribution in [3.8, 4) is 0 Å². The number of methoxy groups -OCH3 is 1. The minimum Gasteiger partial charge on any atom is -0.384 e. The third-order valence-electron chi connectivity index (χ3n) is 1.46. The molecule has 72 valence electrons. The Morgan fingerprint density at radius 1 is 1.50 bits per heavy atom. The average molecular weight is 192 g/mol.